The Morgan fingerprint density at radius 2 is 2.13 bits per heavy atom. The molecule has 0 aliphatic heterocycles. The fourth-order valence-corrected chi connectivity index (χ4v) is 4.32. The van der Waals surface area contributed by atoms with Gasteiger partial charge in [0.1, 0.15) is 5.03 Å². The molecule has 1 saturated carbocycles. The maximum absolute atomic E-state index is 9.79. The lowest BCUT2D eigenvalue weighted by Gasteiger charge is -2.26. The van der Waals surface area contributed by atoms with Crippen LogP contribution in [0.15, 0.2) is 29.4 Å². The molecule has 2 nitrogen and oxygen atoms in total. The minimum atomic E-state index is -0.125. The Hall–Kier alpha value is -0.190. The summed E-state index contributed by atoms with van der Waals surface area (Å²) >= 11 is 0. The maximum atomic E-state index is 9.79. The summed E-state index contributed by atoms with van der Waals surface area (Å²) in [5.41, 5.74) is 0. The van der Waals surface area contributed by atoms with E-state index in [4.69, 9.17) is 0 Å². The Balaban J connectivity index is 1.82. The van der Waals surface area contributed by atoms with E-state index in [9.17, 15) is 5.11 Å². The SMILES string of the molecule is O[C@H]1CCCC[C@@H]1SSc1ccccn1. The van der Waals surface area contributed by atoms with Crippen LogP contribution in [0.1, 0.15) is 25.7 Å². The molecule has 1 N–H and O–H groups in total. The van der Waals surface area contributed by atoms with Crippen molar-refractivity contribution in [1.82, 2.24) is 4.98 Å². The number of aromatic nitrogens is 1. The number of nitrogens with zero attached hydrogens (tertiary/aromatic N) is 1. The molecule has 0 bridgehead atoms. The van der Waals surface area contributed by atoms with E-state index in [0.29, 0.717) is 5.25 Å². The predicted molar refractivity (Wildman–Crippen MR) is 65.9 cm³/mol. The molecule has 0 aromatic carbocycles. The van der Waals surface area contributed by atoms with Gasteiger partial charge >= 0.3 is 0 Å². The molecule has 0 spiro atoms. The molecule has 0 amide bonds. The van der Waals surface area contributed by atoms with Crippen molar-refractivity contribution in [3.8, 4) is 0 Å². The molecule has 0 unspecified atom stereocenters. The maximum Gasteiger partial charge on any atom is 0.106 e. The molecule has 2 rings (SSSR count). The summed E-state index contributed by atoms with van der Waals surface area (Å²) in [6.07, 6.45) is 6.19. The van der Waals surface area contributed by atoms with Crippen molar-refractivity contribution < 1.29 is 5.11 Å². The molecule has 15 heavy (non-hydrogen) atoms. The topological polar surface area (TPSA) is 33.1 Å². The molecule has 0 saturated heterocycles. The summed E-state index contributed by atoms with van der Waals surface area (Å²) in [6, 6.07) is 5.92. The second kappa shape index (κ2) is 5.77. The van der Waals surface area contributed by atoms with Crippen molar-refractivity contribution in [3.63, 3.8) is 0 Å². The number of pyridine rings is 1. The van der Waals surface area contributed by atoms with Crippen LogP contribution in [-0.2, 0) is 0 Å². The van der Waals surface area contributed by atoms with E-state index in [-0.39, 0.29) is 6.10 Å². The first-order chi connectivity index (χ1) is 7.36. The zero-order chi connectivity index (χ0) is 10.5. The fraction of sp³-hybridized carbons (Fsp3) is 0.545. The minimum absolute atomic E-state index is 0.125. The van der Waals surface area contributed by atoms with Gasteiger partial charge in [0, 0.05) is 11.4 Å². The lowest BCUT2D eigenvalue weighted by Crippen LogP contribution is -2.25. The van der Waals surface area contributed by atoms with Gasteiger partial charge in [0.05, 0.1) is 6.10 Å². The summed E-state index contributed by atoms with van der Waals surface area (Å²) in [4.78, 5) is 4.25. The average molecular weight is 241 g/mol. The first-order valence-corrected chi connectivity index (χ1v) is 7.50. The zero-order valence-corrected chi connectivity index (χ0v) is 10.1. The van der Waals surface area contributed by atoms with Gasteiger partial charge in [-0.15, -0.1) is 0 Å². The highest BCUT2D eigenvalue weighted by Crippen LogP contribution is 2.39. The highest BCUT2D eigenvalue weighted by atomic mass is 33.1. The zero-order valence-electron chi connectivity index (χ0n) is 8.50. The number of hydrogen-bond donors (Lipinski definition) is 1. The molecule has 82 valence electrons. The number of aliphatic hydroxyl groups is 1. The van der Waals surface area contributed by atoms with E-state index < -0.39 is 0 Å². The highest BCUT2D eigenvalue weighted by molar-refractivity contribution is 8.76. The van der Waals surface area contributed by atoms with E-state index >= 15 is 0 Å². The third-order valence-corrected chi connectivity index (χ3v) is 5.41. The van der Waals surface area contributed by atoms with Crippen molar-refractivity contribution in [3.05, 3.63) is 24.4 Å². The van der Waals surface area contributed by atoms with Gasteiger partial charge in [-0.05, 0) is 35.8 Å². The minimum Gasteiger partial charge on any atom is -0.392 e. The van der Waals surface area contributed by atoms with Crippen LogP contribution in [0.3, 0.4) is 0 Å². The van der Waals surface area contributed by atoms with Gasteiger partial charge in [-0.25, -0.2) is 4.98 Å². The van der Waals surface area contributed by atoms with Gasteiger partial charge in [-0.2, -0.15) is 0 Å². The van der Waals surface area contributed by atoms with E-state index in [2.05, 4.69) is 4.98 Å². The van der Waals surface area contributed by atoms with Crippen LogP contribution >= 0.6 is 21.6 Å². The molecule has 0 radical (unpaired) electrons. The molecular formula is C11H15NOS2. The van der Waals surface area contributed by atoms with Crippen LogP contribution in [0.25, 0.3) is 0 Å². The number of rotatable bonds is 3. The summed E-state index contributed by atoms with van der Waals surface area (Å²) < 4.78 is 0. The van der Waals surface area contributed by atoms with Crippen LogP contribution in [-0.4, -0.2) is 21.4 Å². The average Bonchev–Trinajstić information content (AvgIpc) is 2.29. The Morgan fingerprint density at radius 3 is 2.87 bits per heavy atom. The molecule has 1 aliphatic rings. The summed E-state index contributed by atoms with van der Waals surface area (Å²) in [5.74, 6) is 0. The standard InChI is InChI=1S/C11H15NOS2/c13-9-5-1-2-6-10(9)14-15-11-7-3-4-8-12-11/h3-4,7-10,13H,1-2,5-6H2/t9-,10-/m0/s1. The smallest absolute Gasteiger partial charge is 0.106 e. The Morgan fingerprint density at radius 1 is 1.27 bits per heavy atom. The molecule has 4 heteroatoms. The number of aliphatic hydroxyl groups excluding tert-OH is 1. The largest absolute Gasteiger partial charge is 0.392 e. The fourth-order valence-electron chi connectivity index (χ4n) is 1.70. The van der Waals surface area contributed by atoms with Crippen molar-refractivity contribution in [1.29, 1.82) is 0 Å². The van der Waals surface area contributed by atoms with Crippen LogP contribution in [0.4, 0.5) is 0 Å². The van der Waals surface area contributed by atoms with Crippen LogP contribution < -0.4 is 0 Å². The Labute approximate surface area is 98.3 Å². The Kier molecular flexibility index (Phi) is 4.35. The predicted octanol–water partition coefficient (Wildman–Crippen LogP) is 3.13. The molecule has 1 fully saturated rings. The molecule has 1 aromatic rings. The van der Waals surface area contributed by atoms with Crippen molar-refractivity contribution >= 4 is 21.6 Å². The Bertz CT molecular complexity index is 294. The van der Waals surface area contributed by atoms with Gasteiger partial charge in [-0.3, -0.25) is 0 Å². The molecule has 1 aromatic heterocycles. The third-order valence-electron chi connectivity index (χ3n) is 2.56. The second-order valence-electron chi connectivity index (χ2n) is 3.74. The molecular weight excluding hydrogens is 226 g/mol. The summed E-state index contributed by atoms with van der Waals surface area (Å²) in [5, 5.41) is 11.2. The summed E-state index contributed by atoms with van der Waals surface area (Å²) in [7, 11) is 3.44. The van der Waals surface area contributed by atoms with Gasteiger partial charge in [0.15, 0.2) is 0 Å². The first-order valence-electron chi connectivity index (χ1n) is 5.29. The van der Waals surface area contributed by atoms with Crippen LogP contribution in [0.2, 0.25) is 0 Å². The van der Waals surface area contributed by atoms with Crippen molar-refractivity contribution in [2.45, 2.75) is 42.1 Å². The second-order valence-corrected chi connectivity index (χ2v) is 6.20. The van der Waals surface area contributed by atoms with Gasteiger partial charge in [0.2, 0.25) is 0 Å². The lowest BCUT2D eigenvalue weighted by atomic mass is 9.97. The first kappa shape index (κ1) is 11.3. The van der Waals surface area contributed by atoms with E-state index in [1.165, 1.54) is 12.8 Å². The number of hydrogen-bond acceptors (Lipinski definition) is 4. The normalized spacial score (nSPS) is 26.5. The monoisotopic (exact) mass is 241 g/mol. The van der Waals surface area contributed by atoms with Crippen molar-refractivity contribution in [2.24, 2.45) is 0 Å². The molecule has 1 aliphatic carbocycles. The van der Waals surface area contributed by atoms with Gasteiger partial charge in [-0.1, -0.05) is 29.7 Å². The van der Waals surface area contributed by atoms with Crippen LogP contribution in [0.5, 0.6) is 0 Å². The van der Waals surface area contributed by atoms with E-state index in [1.807, 2.05) is 18.2 Å². The van der Waals surface area contributed by atoms with Crippen LogP contribution in [0, 0.1) is 0 Å². The molecule has 2 atom stereocenters. The van der Waals surface area contributed by atoms with E-state index in [1.54, 1.807) is 27.8 Å². The van der Waals surface area contributed by atoms with E-state index in [0.717, 1.165) is 17.9 Å². The van der Waals surface area contributed by atoms with Crippen molar-refractivity contribution in [2.75, 3.05) is 0 Å². The lowest BCUT2D eigenvalue weighted by molar-refractivity contribution is 0.137. The van der Waals surface area contributed by atoms with Gasteiger partial charge in [0.25, 0.3) is 0 Å². The third kappa shape index (κ3) is 3.40. The summed E-state index contributed by atoms with van der Waals surface area (Å²) in [6.45, 7) is 0. The highest BCUT2D eigenvalue weighted by Gasteiger charge is 2.23. The quantitative estimate of drug-likeness (QED) is 0.824. The molecule has 1 heterocycles. The van der Waals surface area contributed by atoms with Gasteiger partial charge < -0.3 is 5.11 Å².